The van der Waals surface area contributed by atoms with Crippen LogP contribution in [0, 0.1) is 0 Å². The maximum absolute atomic E-state index is 2.77. The van der Waals surface area contributed by atoms with Gasteiger partial charge in [0.15, 0.2) is 0 Å². The molecule has 0 fully saturated rings. The normalized spacial score (nSPS) is 14.2. The average molecular weight is 756 g/mol. The topological polar surface area (TPSA) is 16.3 Å². The van der Waals surface area contributed by atoms with Gasteiger partial charge in [0.25, 0.3) is 0 Å². The van der Waals surface area contributed by atoms with Crippen molar-refractivity contribution in [1.82, 2.24) is 8.96 Å². The smallest absolute Gasteiger partial charge is 0.333 e. The summed E-state index contributed by atoms with van der Waals surface area (Å²) in [6.45, 7) is -0.000694. The van der Waals surface area contributed by atoms with Gasteiger partial charge in [-0.15, -0.1) is 0 Å². The fourth-order valence-corrected chi connectivity index (χ4v) is 12.4. The van der Waals surface area contributed by atoms with Crippen LogP contribution in [0.2, 0.25) is 0 Å². The molecule has 9 aromatic carbocycles. The van der Waals surface area contributed by atoms with Gasteiger partial charge in [-0.3, -0.25) is 0 Å². The monoisotopic (exact) mass is 756 g/mol. The van der Waals surface area contributed by atoms with Crippen molar-refractivity contribution in [3.8, 4) is 33.4 Å². The van der Waals surface area contributed by atoms with Gasteiger partial charge < -0.3 is 18.8 Å². The molecule has 0 radical (unpaired) electrons. The maximum Gasteiger partial charge on any atom is 0.333 e. The van der Waals surface area contributed by atoms with Crippen molar-refractivity contribution in [3.05, 3.63) is 182 Å². The van der Waals surface area contributed by atoms with Crippen LogP contribution in [0.15, 0.2) is 182 Å². The quantitative estimate of drug-likeness (QED) is 0.167. The van der Waals surface area contributed by atoms with Crippen molar-refractivity contribution < 1.29 is 0 Å². The third-order valence-corrected chi connectivity index (χ3v) is 14.5. The summed E-state index contributed by atoms with van der Waals surface area (Å²) in [7, 11) is 0. The van der Waals surface area contributed by atoms with Gasteiger partial charge in [-0.05, 0) is 98.7 Å². The van der Waals surface area contributed by atoms with E-state index in [9.17, 15) is 0 Å². The number of fused-ring (bicyclic) bond motifs is 8. The van der Waals surface area contributed by atoms with Gasteiger partial charge in [-0.1, -0.05) is 127 Å². The Morgan fingerprint density at radius 2 is 0.967 bits per heavy atom. The zero-order chi connectivity index (χ0) is 38.5. The van der Waals surface area contributed by atoms with E-state index < -0.39 is 0 Å². The predicted molar refractivity (Wildman–Crippen MR) is 253 cm³/mol. The Balaban J connectivity index is 1.17. The summed E-state index contributed by atoms with van der Waals surface area (Å²) in [5.74, 6) is 0. The lowest BCUT2D eigenvalue weighted by Crippen LogP contribution is -2.64. The van der Waals surface area contributed by atoms with Crippen LogP contribution >= 0.6 is 0 Å². The maximum atomic E-state index is 2.77. The third-order valence-electron chi connectivity index (χ3n) is 14.5. The Hall–Kier alpha value is -7.69. The third kappa shape index (κ3) is 3.31. The molecule has 0 amide bonds. The van der Waals surface area contributed by atoms with Crippen LogP contribution in [0.3, 0.4) is 0 Å². The number of para-hydroxylation sites is 4. The van der Waals surface area contributed by atoms with Crippen LogP contribution in [0.1, 0.15) is 0 Å². The van der Waals surface area contributed by atoms with E-state index in [0.29, 0.717) is 0 Å². The minimum absolute atomic E-state index is 0.0370. The summed E-state index contributed by atoms with van der Waals surface area (Å²) >= 11 is 0. The van der Waals surface area contributed by atoms with Gasteiger partial charge >= 0.3 is 13.7 Å². The van der Waals surface area contributed by atoms with Crippen molar-refractivity contribution in [2.45, 2.75) is 0 Å². The van der Waals surface area contributed by atoms with Crippen LogP contribution in [0.25, 0.3) is 77.0 Å². The molecule has 0 N–H and O–H groups in total. The van der Waals surface area contributed by atoms with E-state index in [1.54, 1.807) is 0 Å². The lowest BCUT2D eigenvalue weighted by molar-refractivity contribution is 1.22. The Morgan fingerprint density at radius 1 is 0.333 bits per heavy atom. The fourth-order valence-electron chi connectivity index (χ4n) is 12.4. The molecule has 60 heavy (non-hydrogen) atoms. The van der Waals surface area contributed by atoms with Crippen molar-refractivity contribution in [3.63, 3.8) is 0 Å². The second kappa shape index (κ2) is 10.3. The SMILES string of the molecule is c1ccc(-c2ccc3c(c2)N(c2ccccc2)c2cc4c5c6c2B3n2c3ccccc3c3cc7c8cccc9c8n(c7c-6c32)B5c2c-9cccc2N4c2ccccc2)cc1. The Kier molecular flexibility index (Phi) is 5.22. The first kappa shape index (κ1) is 30.4. The number of rotatable bonds is 3. The first-order chi connectivity index (χ1) is 29.8. The van der Waals surface area contributed by atoms with Crippen LogP contribution in [-0.4, -0.2) is 22.7 Å². The van der Waals surface area contributed by atoms with E-state index >= 15 is 0 Å². The number of hydrogen-bond donors (Lipinski definition) is 0. The average Bonchev–Trinajstić information content (AvgIpc) is 3.83. The van der Waals surface area contributed by atoms with Gasteiger partial charge in [0, 0.05) is 88.9 Å². The number of aromatic nitrogens is 2. The molecule has 0 spiro atoms. The predicted octanol–water partition coefficient (Wildman–Crippen LogP) is 10.7. The summed E-state index contributed by atoms with van der Waals surface area (Å²) in [6.07, 6.45) is 0. The molecule has 7 heterocycles. The zero-order valence-corrected chi connectivity index (χ0v) is 32.3. The molecule has 11 aromatic rings. The second-order valence-corrected chi connectivity index (χ2v) is 17.1. The van der Waals surface area contributed by atoms with E-state index in [4.69, 9.17) is 0 Å². The fraction of sp³-hybridized carbons (Fsp3) is 0. The largest absolute Gasteiger partial charge is 0.375 e. The molecular weight excluding hydrogens is 726 g/mol. The lowest BCUT2D eigenvalue weighted by Gasteiger charge is -2.48. The van der Waals surface area contributed by atoms with E-state index in [1.165, 1.54) is 127 Å². The van der Waals surface area contributed by atoms with Gasteiger partial charge in [0.2, 0.25) is 0 Å². The Morgan fingerprint density at radius 3 is 1.77 bits per heavy atom. The highest BCUT2D eigenvalue weighted by Crippen LogP contribution is 2.56. The van der Waals surface area contributed by atoms with Crippen molar-refractivity contribution >= 4 is 113 Å². The molecule has 5 aliphatic heterocycles. The molecule has 0 bridgehead atoms. The molecule has 0 atom stereocenters. The van der Waals surface area contributed by atoms with E-state index in [2.05, 4.69) is 201 Å². The molecule has 0 aliphatic carbocycles. The standard InChI is InChI=1S/C54H30B2N4/c1-4-14-31(15-5-1)32-26-27-41-44(28-32)58(34-18-8-3-9-19-34)45-30-46-51-47-48-53-39(35-20-10-11-24-42(35)59(53)55(41)50(45)47)29-40-38-23-12-22-37-36-21-13-25-43(57(46)33-16-6-2-7-17-33)49(36)56(51)60(52(37)38)54(40)48/h1-30H. The summed E-state index contributed by atoms with van der Waals surface area (Å²) < 4.78 is 5.49. The molecule has 0 unspecified atom stereocenters. The summed E-state index contributed by atoms with van der Waals surface area (Å²) in [4.78, 5) is 5.16. The van der Waals surface area contributed by atoms with Gasteiger partial charge in [-0.2, -0.15) is 0 Å². The molecule has 0 saturated carbocycles. The number of anilines is 6. The van der Waals surface area contributed by atoms with Crippen LogP contribution in [0.5, 0.6) is 0 Å². The Bertz CT molecular complexity index is 3790. The first-order valence-electron chi connectivity index (χ1n) is 21.1. The van der Waals surface area contributed by atoms with Crippen LogP contribution in [0.4, 0.5) is 34.1 Å². The molecule has 2 aromatic heterocycles. The Labute approximate surface area is 346 Å². The molecule has 5 aliphatic rings. The van der Waals surface area contributed by atoms with Crippen molar-refractivity contribution in [2.24, 2.45) is 0 Å². The van der Waals surface area contributed by atoms with Crippen molar-refractivity contribution in [2.75, 3.05) is 9.80 Å². The molecule has 16 rings (SSSR count). The molecule has 6 heteroatoms. The van der Waals surface area contributed by atoms with E-state index in [0.717, 1.165) is 5.69 Å². The number of benzene rings is 9. The zero-order valence-electron chi connectivity index (χ0n) is 32.3. The highest BCUT2D eigenvalue weighted by atomic mass is 15.2. The molecule has 272 valence electrons. The second-order valence-electron chi connectivity index (χ2n) is 17.1. The minimum atomic E-state index is -0.0377. The summed E-state index contributed by atoms with van der Waals surface area (Å²) in [6, 6.07) is 68.5. The van der Waals surface area contributed by atoms with Crippen LogP contribution < -0.4 is 31.7 Å². The van der Waals surface area contributed by atoms with Gasteiger partial charge in [0.05, 0.1) is 0 Å². The van der Waals surface area contributed by atoms with Crippen molar-refractivity contribution in [1.29, 1.82) is 0 Å². The highest BCUT2D eigenvalue weighted by molar-refractivity contribution is 6.96. The van der Waals surface area contributed by atoms with Gasteiger partial charge in [0.1, 0.15) is 0 Å². The summed E-state index contributed by atoms with van der Waals surface area (Å²) in [5.41, 5.74) is 26.1. The lowest BCUT2D eigenvalue weighted by atomic mass is 9.38. The minimum Gasteiger partial charge on any atom is -0.375 e. The van der Waals surface area contributed by atoms with E-state index in [1.807, 2.05) is 0 Å². The molecular formula is C54H30B2N4. The number of nitrogens with zero attached hydrogens (tertiary/aromatic N) is 4. The molecule has 0 saturated heterocycles. The van der Waals surface area contributed by atoms with Crippen LogP contribution in [-0.2, 0) is 0 Å². The highest BCUT2D eigenvalue weighted by Gasteiger charge is 2.53. The van der Waals surface area contributed by atoms with Gasteiger partial charge in [-0.25, -0.2) is 0 Å². The number of hydrogen-bond acceptors (Lipinski definition) is 2. The molecule has 4 nitrogen and oxygen atoms in total. The first-order valence-corrected chi connectivity index (χ1v) is 21.1. The summed E-state index contributed by atoms with van der Waals surface area (Å²) in [5, 5.41) is 5.34. The van der Waals surface area contributed by atoms with E-state index in [-0.39, 0.29) is 13.7 Å².